The third-order valence-electron chi connectivity index (χ3n) is 6.06. The fourth-order valence-corrected chi connectivity index (χ4v) is 4.80. The maximum atomic E-state index is 2.53. The van der Waals surface area contributed by atoms with Gasteiger partial charge in [0.1, 0.15) is 0 Å². The summed E-state index contributed by atoms with van der Waals surface area (Å²) in [5, 5.41) is 0. The van der Waals surface area contributed by atoms with E-state index in [0.717, 1.165) is 0 Å². The van der Waals surface area contributed by atoms with Crippen LogP contribution in [0.4, 0.5) is 0 Å². The molecule has 0 aliphatic carbocycles. The van der Waals surface area contributed by atoms with E-state index in [2.05, 4.69) is 83.1 Å². The maximum Gasteiger partial charge on any atom is -0.0175 e. The van der Waals surface area contributed by atoms with Gasteiger partial charge in [-0.2, -0.15) is 0 Å². The van der Waals surface area contributed by atoms with Crippen molar-refractivity contribution in [3.8, 4) is 0 Å². The summed E-state index contributed by atoms with van der Waals surface area (Å²) < 4.78 is 0. The van der Waals surface area contributed by atoms with Crippen molar-refractivity contribution in [3.05, 3.63) is 0 Å². The standard InChI is InChI=1S/C19H40/c1-13-17(8,9)19(12,16(5,6)7)18(10,11)14-15(2,3)4/h13-14H2,1-12H3. The first-order valence-corrected chi connectivity index (χ1v) is 8.02. The third-order valence-corrected chi connectivity index (χ3v) is 6.06. The maximum absolute atomic E-state index is 2.53. The van der Waals surface area contributed by atoms with Gasteiger partial charge < -0.3 is 0 Å². The summed E-state index contributed by atoms with van der Waals surface area (Å²) in [5.41, 5.74) is 1.60. The quantitative estimate of drug-likeness (QED) is 0.518. The molecule has 1 atom stereocenters. The van der Waals surface area contributed by atoms with Crippen LogP contribution in [0.1, 0.15) is 95.9 Å². The Morgan fingerprint density at radius 2 is 0.947 bits per heavy atom. The Morgan fingerprint density at radius 1 is 0.579 bits per heavy atom. The number of hydrogen-bond acceptors (Lipinski definition) is 0. The lowest BCUT2D eigenvalue weighted by molar-refractivity contribution is -0.137. The lowest BCUT2D eigenvalue weighted by Crippen LogP contribution is -2.55. The molecule has 0 aliphatic heterocycles. The van der Waals surface area contributed by atoms with E-state index < -0.39 is 0 Å². The molecule has 116 valence electrons. The molecule has 0 aromatic rings. The Kier molecular flexibility index (Phi) is 5.08. The molecule has 0 nitrogen and oxygen atoms in total. The monoisotopic (exact) mass is 268 g/mol. The fourth-order valence-electron chi connectivity index (χ4n) is 4.80. The molecule has 0 bridgehead atoms. The molecule has 0 saturated carbocycles. The average molecular weight is 269 g/mol. The van der Waals surface area contributed by atoms with Crippen LogP contribution in [-0.2, 0) is 0 Å². The summed E-state index contributed by atoms with van der Waals surface area (Å²) in [6, 6.07) is 0. The molecule has 0 fully saturated rings. The van der Waals surface area contributed by atoms with Crippen LogP contribution in [0.5, 0.6) is 0 Å². The molecule has 1 unspecified atom stereocenters. The van der Waals surface area contributed by atoms with Crippen molar-refractivity contribution in [3.63, 3.8) is 0 Å². The highest BCUT2D eigenvalue weighted by Crippen LogP contribution is 2.64. The van der Waals surface area contributed by atoms with Crippen molar-refractivity contribution >= 4 is 0 Å². The summed E-state index contributed by atoms with van der Waals surface area (Å²) in [6.45, 7) is 29.2. The molecular formula is C19H40. The second-order valence-corrected chi connectivity index (χ2v) is 10.2. The van der Waals surface area contributed by atoms with Crippen molar-refractivity contribution in [1.82, 2.24) is 0 Å². The second-order valence-electron chi connectivity index (χ2n) is 10.2. The number of rotatable bonds is 4. The van der Waals surface area contributed by atoms with E-state index in [1.807, 2.05) is 0 Å². The van der Waals surface area contributed by atoms with Gasteiger partial charge in [0.15, 0.2) is 0 Å². The van der Waals surface area contributed by atoms with Crippen LogP contribution in [0.2, 0.25) is 0 Å². The third kappa shape index (κ3) is 3.56. The molecule has 0 aromatic heterocycles. The molecule has 0 radical (unpaired) electrons. The van der Waals surface area contributed by atoms with E-state index in [0.29, 0.717) is 21.7 Å². The van der Waals surface area contributed by atoms with Crippen molar-refractivity contribution in [2.45, 2.75) is 95.9 Å². The zero-order chi connectivity index (χ0) is 15.9. The van der Waals surface area contributed by atoms with Gasteiger partial charge in [-0.15, -0.1) is 0 Å². The summed E-state index contributed by atoms with van der Waals surface area (Å²) in [7, 11) is 0. The van der Waals surface area contributed by atoms with Crippen LogP contribution in [0, 0.1) is 27.1 Å². The van der Waals surface area contributed by atoms with Crippen LogP contribution in [0.3, 0.4) is 0 Å². The Labute approximate surface area is 123 Å². The van der Waals surface area contributed by atoms with Crippen molar-refractivity contribution < 1.29 is 0 Å². The highest BCUT2D eigenvalue weighted by molar-refractivity contribution is 5.05. The average Bonchev–Trinajstić information content (AvgIpc) is 2.10. The lowest BCUT2D eigenvalue weighted by Gasteiger charge is -2.62. The molecule has 0 saturated heterocycles. The second kappa shape index (κ2) is 5.08. The Bertz CT molecular complexity index is 293. The van der Waals surface area contributed by atoms with Gasteiger partial charge in [-0.3, -0.25) is 0 Å². The minimum absolute atomic E-state index is 0.287. The van der Waals surface area contributed by atoms with Crippen molar-refractivity contribution in [2.75, 3.05) is 0 Å². The van der Waals surface area contributed by atoms with Crippen molar-refractivity contribution in [2.24, 2.45) is 27.1 Å². The van der Waals surface area contributed by atoms with E-state index in [1.54, 1.807) is 0 Å². The van der Waals surface area contributed by atoms with E-state index in [1.165, 1.54) is 12.8 Å². The predicted octanol–water partition coefficient (Wildman–Crippen LogP) is 6.94. The topological polar surface area (TPSA) is 0 Å². The highest BCUT2D eigenvalue weighted by atomic mass is 14.6. The van der Waals surface area contributed by atoms with Crippen LogP contribution >= 0.6 is 0 Å². The predicted molar refractivity (Wildman–Crippen MR) is 89.5 cm³/mol. The molecule has 0 heterocycles. The van der Waals surface area contributed by atoms with E-state index in [4.69, 9.17) is 0 Å². The molecule has 0 aliphatic rings. The van der Waals surface area contributed by atoms with Gasteiger partial charge >= 0.3 is 0 Å². The van der Waals surface area contributed by atoms with Crippen LogP contribution in [0.15, 0.2) is 0 Å². The van der Waals surface area contributed by atoms with E-state index in [9.17, 15) is 0 Å². The van der Waals surface area contributed by atoms with Crippen LogP contribution in [0.25, 0.3) is 0 Å². The molecule has 0 heteroatoms. The summed E-state index contributed by atoms with van der Waals surface area (Å²) >= 11 is 0. The highest BCUT2D eigenvalue weighted by Gasteiger charge is 2.57. The number of hydrogen-bond donors (Lipinski definition) is 0. The first kappa shape index (κ1) is 19.0. The normalized spacial score (nSPS) is 18.3. The summed E-state index contributed by atoms with van der Waals surface area (Å²) in [5.74, 6) is 0. The lowest BCUT2D eigenvalue weighted by atomic mass is 9.42. The SMILES string of the molecule is CCC(C)(C)C(C)(C(C)(C)C)C(C)(C)CC(C)(C)C. The Morgan fingerprint density at radius 3 is 1.16 bits per heavy atom. The summed E-state index contributed by atoms with van der Waals surface area (Å²) in [4.78, 5) is 0. The van der Waals surface area contributed by atoms with Crippen LogP contribution < -0.4 is 0 Å². The summed E-state index contributed by atoms with van der Waals surface area (Å²) in [6.07, 6.45) is 2.49. The largest absolute Gasteiger partial charge is 0.0649 e. The van der Waals surface area contributed by atoms with Gasteiger partial charge in [0, 0.05) is 0 Å². The molecule has 19 heavy (non-hydrogen) atoms. The molecule has 0 amide bonds. The molecule has 0 N–H and O–H groups in total. The zero-order valence-electron chi connectivity index (χ0n) is 15.9. The zero-order valence-corrected chi connectivity index (χ0v) is 15.9. The van der Waals surface area contributed by atoms with E-state index in [-0.39, 0.29) is 5.41 Å². The van der Waals surface area contributed by atoms with Gasteiger partial charge in [-0.1, -0.05) is 89.5 Å². The molecule has 0 rings (SSSR count). The van der Waals surface area contributed by atoms with Gasteiger partial charge in [0.05, 0.1) is 0 Å². The molecular weight excluding hydrogens is 228 g/mol. The molecule has 0 spiro atoms. The fraction of sp³-hybridized carbons (Fsp3) is 1.00. The van der Waals surface area contributed by atoms with Gasteiger partial charge in [-0.05, 0) is 33.5 Å². The minimum atomic E-state index is 0.287. The van der Waals surface area contributed by atoms with Crippen LogP contribution in [-0.4, -0.2) is 0 Å². The smallest absolute Gasteiger partial charge is 0.0175 e. The van der Waals surface area contributed by atoms with Gasteiger partial charge in [0.25, 0.3) is 0 Å². The van der Waals surface area contributed by atoms with Gasteiger partial charge in [0.2, 0.25) is 0 Å². The first-order valence-electron chi connectivity index (χ1n) is 8.02. The molecule has 0 aromatic carbocycles. The van der Waals surface area contributed by atoms with E-state index >= 15 is 0 Å². The Balaban J connectivity index is 5.90. The minimum Gasteiger partial charge on any atom is -0.0649 e. The van der Waals surface area contributed by atoms with Crippen molar-refractivity contribution in [1.29, 1.82) is 0 Å². The van der Waals surface area contributed by atoms with Gasteiger partial charge in [-0.25, -0.2) is 0 Å². The Hall–Kier alpha value is 0. The first-order chi connectivity index (χ1) is 8.02.